The van der Waals surface area contributed by atoms with E-state index in [1.165, 1.54) is 0 Å². The molecular formula is C13H25N3O3S. The largest absolute Gasteiger partial charge is 0.481 e. The molecule has 1 aliphatic heterocycles. The summed E-state index contributed by atoms with van der Waals surface area (Å²) in [4.78, 5) is 25.1. The molecule has 0 radical (unpaired) electrons. The number of carbonyl (C=O) groups excluding carboxylic acids is 1. The molecule has 0 aromatic rings. The summed E-state index contributed by atoms with van der Waals surface area (Å²) >= 11 is 1.96. The van der Waals surface area contributed by atoms with Crippen LogP contribution in [0.3, 0.4) is 0 Å². The van der Waals surface area contributed by atoms with Crippen molar-refractivity contribution in [2.75, 3.05) is 44.2 Å². The Bertz CT molecular complexity index is 335. The van der Waals surface area contributed by atoms with Gasteiger partial charge < -0.3 is 15.7 Å². The van der Waals surface area contributed by atoms with Crippen molar-refractivity contribution in [1.29, 1.82) is 0 Å². The molecule has 2 amide bonds. The van der Waals surface area contributed by atoms with Crippen LogP contribution < -0.4 is 10.6 Å². The lowest BCUT2D eigenvalue weighted by Crippen LogP contribution is -2.46. The van der Waals surface area contributed by atoms with E-state index in [1.54, 1.807) is 6.92 Å². The summed E-state index contributed by atoms with van der Waals surface area (Å²) in [6.07, 6.45) is 0.480. The zero-order chi connectivity index (χ0) is 15.0. The zero-order valence-corrected chi connectivity index (χ0v) is 13.1. The van der Waals surface area contributed by atoms with Crippen molar-refractivity contribution in [2.24, 2.45) is 5.41 Å². The quantitative estimate of drug-likeness (QED) is 0.649. The molecule has 1 rings (SSSR count). The van der Waals surface area contributed by atoms with Crippen LogP contribution in [-0.2, 0) is 4.79 Å². The third-order valence-electron chi connectivity index (χ3n) is 3.75. The van der Waals surface area contributed by atoms with Crippen molar-refractivity contribution in [1.82, 2.24) is 15.5 Å². The van der Waals surface area contributed by atoms with Crippen LogP contribution in [0.1, 0.15) is 20.3 Å². The van der Waals surface area contributed by atoms with E-state index in [2.05, 4.69) is 15.5 Å². The number of aliphatic carboxylic acids is 1. The first-order valence-corrected chi connectivity index (χ1v) is 8.18. The summed E-state index contributed by atoms with van der Waals surface area (Å²) < 4.78 is 0. The molecule has 1 unspecified atom stereocenters. The van der Waals surface area contributed by atoms with E-state index in [-0.39, 0.29) is 12.6 Å². The topological polar surface area (TPSA) is 81.7 Å². The van der Waals surface area contributed by atoms with Crippen LogP contribution in [0.15, 0.2) is 0 Å². The highest BCUT2D eigenvalue weighted by Crippen LogP contribution is 2.19. The highest BCUT2D eigenvalue weighted by Gasteiger charge is 2.31. The number of thioether (sulfide) groups is 1. The Hall–Kier alpha value is -0.950. The minimum Gasteiger partial charge on any atom is -0.481 e. The van der Waals surface area contributed by atoms with Crippen LogP contribution in [0.2, 0.25) is 0 Å². The van der Waals surface area contributed by atoms with Gasteiger partial charge in [-0.05, 0) is 13.3 Å². The lowest BCUT2D eigenvalue weighted by Gasteiger charge is -2.26. The molecule has 20 heavy (non-hydrogen) atoms. The van der Waals surface area contributed by atoms with Crippen LogP contribution in [0.5, 0.6) is 0 Å². The van der Waals surface area contributed by atoms with Gasteiger partial charge in [-0.25, -0.2) is 4.79 Å². The second-order valence-corrected chi connectivity index (χ2v) is 6.51. The van der Waals surface area contributed by atoms with E-state index in [0.29, 0.717) is 13.0 Å². The van der Waals surface area contributed by atoms with Crippen LogP contribution in [0.4, 0.5) is 4.79 Å². The number of carboxylic acids is 1. The van der Waals surface area contributed by atoms with Gasteiger partial charge in [-0.3, -0.25) is 9.69 Å². The number of amides is 2. The van der Waals surface area contributed by atoms with Gasteiger partial charge in [0.2, 0.25) is 0 Å². The molecule has 7 heteroatoms. The summed E-state index contributed by atoms with van der Waals surface area (Å²) in [5, 5.41) is 14.5. The number of urea groups is 1. The maximum absolute atomic E-state index is 11.6. The van der Waals surface area contributed by atoms with Gasteiger partial charge in [0.1, 0.15) is 0 Å². The molecule has 3 N–H and O–H groups in total. The Morgan fingerprint density at radius 3 is 2.50 bits per heavy atom. The minimum absolute atomic E-state index is 0.144. The van der Waals surface area contributed by atoms with E-state index < -0.39 is 11.4 Å². The number of rotatable bonds is 7. The molecule has 1 heterocycles. The predicted molar refractivity (Wildman–Crippen MR) is 81.2 cm³/mol. The first-order chi connectivity index (χ1) is 9.48. The van der Waals surface area contributed by atoms with Gasteiger partial charge in [-0.1, -0.05) is 6.92 Å². The number of hydrogen-bond donors (Lipinski definition) is 3. The standard InChI is InChI=1S/C13H25N3O3S/c1-3-13(2,11(17)18)10-15-12(19)14-4-5-16-6-8-20-9-7-16/h3-10H2,1-2H3,(H,17,18)(H2,14,15,19). The van der Waals surface area contributed by atoms with Crippen molar-refractivity contribution in [3.05, 3.63) is 0 Å². The van der Waals surface area contributed by atoms with Gasteiger partial charge >= 0.3 is 12.0 Å². The normalized spacial score (nSPS) is 19.1. The maximum Gasteiger partial charge on any atom is 0.314 e. The second-order valence-electron chi connectivity index (χ2n) is 5.28. The molecule has 0 aliphatic carbocycles. The van der Waals surface area contributed by atoms with E-state index in [0.717, 1.165) is 31.1 Å². The van der Waals surface area contributed by atoms with Crippen molar-refractivity contribution in [3.8, 4) is 0 Å². The predicted octanol–water partition coefficient (Wildman–Crippen LogP) is 0.835. The summed E-state index contributed by atoms with van der Waals surface area (Å²) in [6, 6.07) is -0.294. The molecule has 0 aromatic carbocycles. The van der Waals surface area contributed by atoms with Gasteiger partial charge in [-0.2, -0.15) is 11.8 Å². The Morgan fingerprint density at radius 2 is 1.95 bits per heavy atom. The highest BCUT2D eigenvalue weighted by atomic mass is 32.2. The highest BCUT2D eigenvalue weighted by molar-refractivity contribution is 7.99. The molecule has 0 saturated carbocycles. The summed E-state index contributed by atoms with van der Waals surface area (Å²) in [6.45, 7) is 7.17. The van der Waals surface area contributed by atoms with Crippen LogP contribution >= 0.6 is 11.8 Å². The number of hydrogen-bond acceptors (Lipinski definition) is 4. The summed E-state index contributed by atoms with van der Waals surface area (Å²) in [7, 11) is 0. The fourth-order valence-electron chi connectivity index (χ4n) is 1.84. The number of nitrogens with one attached hydrogen (secondary N) is 2. The van der Waals surface area contributed by atoms with Crippen molar-refractivity contribution >= 4 is 23.8 Å². The average Bonchev–Trinajstić information content (AvgIpc) is 2.45. The van der Waals surface area contributed by atoms with Gasteiger partial charge in [-0.15, -0.1) is 0 Å². The molecule has 6 nitrogen and oxygen atoms in total. The molecule has 0 spiro atoms. The molecule has 1 fully saturated rings. The van der Waals surface area contributed by atoms with E-state index >= 15 is 0 Å². The Balaban J connectivity index is 2.18. The second kappa shape index (κ2) is 8.36. The minimum atomic E-state index is -0.901. The van der Waals surface area contributed by atoms with Crippen molar-refractivity contribution in [3.63, 3.8) is 0 Å². The number of nitrogens with zero attached hydrogens (tertiary/aromatic N) is 1. The molecule has 1 aliphatic rings. The third-order valence-corrected chi connectivity index (χ3v) is 4.70. The van der Waals surface area contributed by atoms with E-state index in [4.69, 9.17) is 5.11 Å². The van der Waals surface area contributed by atoms with Crippen molar-refractivity contribution in [2.45, 2.75) is 20.3 Å². The Labute approximate surface area is 124 Å². The SMILES string of the molecule is CCC(C)(CNC(=O)NCCN1CCSCC1)C(=O)O. The summed E-state index contributed by atoms with van der Waals surface area (Å²) in [5.74, 6) is 1.42. The Morgan fingerprint density at radius 1 is 1.30 bits per heavy atom. The molecule has 116 valence electrons. The first kappa shape index (κ1) is 17.1. The molecule has 1 saturated heterocycles. The third kappa shape index (κ3) is 5.58. The van der Waals surface area contributed by atoms with Crippen molar-refractivity contribution < 1.29 is 14.7 Å². The molecular weight excluding hydrogens is 278 g/mol. The monoisotopic (exact) mass is 303 g/mol. The number of carboxylic acid groups (broad SMARTS) is 1. The zero-order valence-electron chi connectivity index (χ0n) is 12.3. The van der Waals surface area contributed by atoms with Gasteiger partial charge in [0.15, 0.2) is 0 Å². The average molecular weight is 303 g/mol. The molecule has 0 bridgehead atoms. The van der Waals surface area contributed by atoms with Gasteiger partial charge in [0.05, 0.1) is 5.41 Å². The van der Waals surface area contributed by atoms with E-state index in [1.807, 2.05) is 18.7 Å². The van der Waals surface area contributed by atoms with Crippen LogP contribution in [0.25, 0.3) is 0 Å². The fraction of sp³-hybridized carbons (Fsp3) is 0.846. The number of carbonyl (C=O) groups is 2. The first-order valence-electron chi connectivity index (χ1n) is 7.03. The van der Waals surface area contributed by atoms with Crippen LogP contribution in [-0.4, -0.2) is 66.2 Å². The lowest BCUT2D eigenvalue weighted by atomic mass is 9.88. The smallest absolute Gasteiger partial charge is 0.314 e. The molecule has 1 atom stereocenters. The Kier molecular flexibility index (Phi) is 7.15. The van der Waals surface area contributed by atoms with Crippen LogP contribution in [0, 0.1) is 5.41 Å². The van der Waals surface area contributed by atoms with E-state index in [9.17, 15) is 9.59 Å². The van der Waals surface area contributed by atoms with Gasteiger partial charge in [0, 0.05) is 44.2 Å². The summed E-state index contributed by atoms with van der Waals surface area (Å²) in [5.41, 5.74) is -0.901. The van der Waals surface area contributed by atoms with Gasteiger partial charge in [0.25, 0.3) is 0 Å². The molecule has 0 aromatic heterocycles. The maximum atomic E-state index is 11.6. The fourth-order valence-corrected chi connectivity index (χ4v) is 2.82. The lowest BCUT2D eigenvalue weighted by molar-refractivity contribution is -0.147.